The molecule has 0 bridgehead atoms. The summed E-state index contributed by atoms with van der Waals surface area (Å²) in [6.45, 7) is 7.02. The Labute approximate surface area is 238 Å². The minimum atomic E-state index is -0.743. The van der Waals surface area contributed by atoms with E-state index in [9.17, 15) is 14.7 Å². The first-order valence-corrected chi connectivity index (χ1v) is 13.9. The number of amides is 2. The van der Waals surface area contributed by atoms with E-state index in [1.54, 1.807) is 13.0 Å². The fourth-order valence-electron chi connectivity index (χ4n) is 5.07. The van der Waals surface area contributed by atoms with Crippen LogP contribution in [-0.2, 0) is 24.4 Å². The second-order valence-corrected chi connectivity index (χ2v) is 10.5. The number of nitrogens with zero attached hydrogens (tertiary/aromatic N) is 6. The molecule has 5 rings (SSSR count). The van der Waals surface area contributed by atoms with Gasteiger partial charge in [-0.1, -0.05) is 6.07 Å². The molecule has 2 aliphatic rings. The van der Waals surface area contributed by atoms with E-state index >= 15 is 0 Å². The van der Waals surface area contributed by atoms with E-state index in [0.717, 1.165) is 42.8 Å². The molecular weight excluding hydrogens is 528 g/mol. The predicted octanol–water partition coefficient (Wildman–Crippen LogP) is 1.32. The SMILES string of the molecule is CC(=O)N1CCC(Nc2cc(C(=O)NCC(O)CN3CCc4nc(OCc5ocnc5C)ccc4C3)ncn2)CC1. The number of rotatable bonds is 10. The summed E-state index contributed by atoms with van der Waals surface area (Å²) in [5, 5.41) is 16.7. The van der Waals surface area contributed by atoms with Gasteiger partial charge in [-0.2, -0.15) is 0 Å². The molecule has 2 amide bonds. The van der Waals surface area contributed by atoms with E-state index in [-0.39, 0.29) is 36.7 Å². The van der Waals surface area contributed by atoms with Crippen LogP contribution in [0.2, 0.25) is 0 Å². The molecule has 0 aromatic carbocycles. The molecule has 0 saturated carbocycles. The highest BCUT2D eigenvalue weighted by molar-refractivity contribution is 5.92. The van der Waals surface area contributed by atoms with Gasteiger partial charge in [0.15, 0.2) is 12.2 Å². The molecule has 3 aromatic heterocycles. The zero-order valence-corrected chi connectivity index (χ0v) is 23.4. The molecule has 0 aliphatic carbocycles. The molecule has 1 saturated heterocycles. The van der Waals surface area contributed by atoms with Gasteiger partial charge >= 0.3 is 0 Å². The number of hydrogen-bond acceptors (Lipinski definition) is 11. The van der Waals surface area contributed by atoms with E-state index < -0.39 is 6.10 Å². The minimum Gasteiger partial charge on any atom is -0.469 e. The summed E-state index contributed by atoms with van der Waals surface area (Å²) in [5.74, 6) is 1.49. The smallest absolute Gasteiger partial charge is 0.270 e. The summed E-state index contributed by atoms with van der Waals surface area (Å²) in [4.78, 5) is 45.3. The lowest BCUT2D eigenvalue weighted by molar-refractivity contribution is -0.129. The number of ether oxygens (including phenoxy) is 1. The lowest BCUT2D eigenvalue weighted by Crippen LogP contribution is -2.42. The minimum absolute atomic E-state index is 0.0867. The highest BCUT2D eigenvalue weighted by Crippen LogP contribution is 2.22. The van der Waals surface area contributed by atoms with Gasteiger partial charge < -0.3 is 29.8 Å². The number of nitrogens with one attached hydrogen (secondary N) is 2. The zero-order chi connectivity index (χ0) is 28.8. The van der Waals surface area contributed by atoms with Crippen molar-refractivity contribution >= 4 is 17.6 Å². The van der Waals surface area contributed by atoms with Crippen molar-refractivity contribution in [1.29, 1.82) is 0 Å². The number of pyridine rings is 1. The van der Waals surface area contributed by atoms with Crippen LogP contribution in [0.25, 0.3) is 0 Å². The summed E-state index contributed by atoms with van der Waals surface area (Å²) in [7, 11) is 0. The van der Waals surface area contributed by atoms with E-state index in [1.165, 1.54) is 12.7 Å². The number of carbonyl (C=O) groups excluding carboxylic acids is 2. The normalized spacial score (nSPS) is 16.6. The van der Waals surface area contributed by atoms with Gasteiger partial charge in [0, 0.05) is 70.8 Å². The molecule has 1 atom stereocenters. The Kier molecular flexibility index (Phi) is 9.04. The summed E-state index contributed by atoms with van der Waals surface area (Å²) < 4.78 is 11.1. The van der Waals surface area contributed by atoms with Gasteiger partial charge in [0.05, 0.1) is 17.5 Å². The molecule has 13 nitrogen and oxygen atoms in total. The number of oxazole rings is 1. The molecule has 0 spiro atoms. The number of fused-ring (bicyclic) bond motifs is 1. The third kappa shape index (κ3) is 7.55. The van der Waals surface area contributed by atoms with Gasteiger partial charge in [0.2, 0.25) is 11.8 Å². The van der Waals surface area contributed by atoms with Crippen molar-refractivity contribution in [1.82, 2.24) is 35.1 Å². The van der Waals surface area contributed by atoms with Crippen LogP contribution in [0.3, 0.4) is 0 Å². The van der Waals surface area contributed by atoms with Crippen LogP contribution in [-0.4, -0.2) is 91.5 Å². The number of aromatic nitrogens is 4. The quantitative estimate of drug-likeness (QED) is 0.326. The number of carbonyl (C=O) groups is 2. The summed E-state index contributed by atoms with van der Waals surface area (Å²) >= 11 is 0. The lowest BCUT2D eigenvalue weighted by Gasteiger charge is -2.31. The van der Waals surface area contributed by atoms with Crippen LogP contribution < -0.4 is 15.4 Å². The highest BCUT2D eigenvalue weighted by Gasteiger charge is 2.23. The topological polar surface area (TPSA) is 159 Å². The van der Waals surface area contributed by atoms with Gasteiger partial charge in [0.25, 0.3) is 5.91 Å². The largest absolute Gasteiger partial charge is 0.469 e. The van der Waals surface area contributed by atoms with Crippen molar-refractivity contribution in [2.24, 2.45) is 0 Å². The molecule has 13 heteroatoms. The molecular formula is C28H36N8O5. The molecule has 218 valence electrons. The molecule has 1 fully saturated rings. The number of piperidine rings is 1. The van der Waals surface area contributed by atoms with E-state index in [0.29, 0.717) is 43.6 Å². The zero-order valence-electron chi connectivity index (χ0n) is 23.4. The molecule has 41 heavy (non-hydrogen) atoms. The fourth-order valence-corrected chi connectivity index (χ4v) is 5.07. The first-order valence-electron chi connectivity index (χ1n) is 13.9. The molecule has 3 N–H and O–H groups in total. The van der Waals surface area contributed by atoms with E-state index in [4.69, 9.17) is 9.15 Å². The summed E-state index contributed by atoms with van der Waals surface area (Å²) in [6, 6.07) is 5.62. The average Bonchev–Trinajstić information content (AvgIpc) is 3.39. The van der Waals surface area contributed by atoms with Crippen molar-refractivity contribution in [3.8, 4) is 5.88 Å². The van der Waals surface area contributed by atoms with Gasteiger partial charge in [-0.25, -0.2) is 19.9 Å². The van der Waals surface area contributed by atoms with Crippen LogP contribution >= 0.6 is 0 Å². The predicted molar refractivity (Wildman–Crippen MR) is 148 cm³/mol. The first-order chi connectivity index (χ1) is 19.8. The molecule has 0 radical (unpaired) electrons. The summed E-state index contributed by atoms with van der Waals surface area (Å²) in [6.07, 6.45) is 4.36. The number of aryl methyl sites for hydroxylation is 1. The Hall–Kier alpha value is -4.10. The molecule has 2 aliphatic heterocycles. The first kappa shape index (κ1) is 28.4. The van der Waals surface area contributed by atoms with Crippen LogP contribution in [0.1, 0.15) is 53.0 Å². The van der Waals surface area contributed by atoms with Crippen LogP contribution in [0, 0.1) is 6.92 Å². The highest BCUT2D eigenvalue weighted by atomic mass is 16.5. The van der Waals surface area contributed by atoms with Crippen LogP contribution in [0.4, 0.5) is 5.82 Å². The van der Waals surface area contributed by atoms with E-state index in [1.807, 2.05) is 24.0 Å². The number of hydrogen-bond donors (Lipinski definition) is 3. The Morgan fingerprint density at radius 3 is 2.78 bits per heavy atom. The number of likely N-dealkylation sites (tertiary alicyclic amines) is 1. The maximum Gasteiger partial charge on any atom is 0.270 e. The van der Waals surface area contributed by atoms with E-state index in [2.05, 4.69) is 35.5 Å². The Bertz CT molecular complexity index is 1360. The van der Waals surface area contributed by atoms with Crippen molar-refractivity contribution in [3.05, 3.63) is 59.3 Å². The second kappa shape index (κ2) is 13.0. The lowest BCUT2D eigenvalue weighted by atomic mass is 10.1. The van der Waals surface area contributed by atoms with Crippen molar-refractivity contribution in [2.45, 2.75) is 58.4 Å². The summed E-state index contributed by atoms with van der Waals surface area (Å²) in [5.41, 5.74) is 3.09. The standard InChI is InChI=1S/C28H36N8O5/c1-18-25(41-17-32-18)15-40-27-4-3-20-13-35(8-7-23(20)34-27)14-22(38)12-29-28(39)24-11-26(31-16-30-24)33-21-5-9-36(10-6-21)19(2)37/h3-4,11,16-17,21-22,38H,5-10,12-15H2,1-2H3,(H,29,39)(H,30,31,33). The molecule has 1 unspecified atom stereocenters. The Morgan fingerprint density at radius 1 is 1.20 bits per heavy atom. The fraction of sp³-hybridized carbons (Fsp3) is 0.500. The number of β-amino-alcohol motifs (C(OH)–C–C–N with tert-alkyl or cyclic N) is 1. The van der Waals surface area contributed by atoms with Gasteiger partial charge in [0.1, 0.15) is 24.4 Å². The monoisotopic (exact) mass is 564 g/mol. The molecule has 5 heterocycles. The van der Waals surface area contributed by atoms with Crippen LogP contribution in [0.5, 0.6) is 5.88 Å². The maximum atomic E-state index is 12.7. The van der Waals surface area contributed by atoms with Crippen molar-refractivity contribution < 1.29 is 23.8 Å². The van der Waals surface area contributed by atoms with Crippen LogP contribution in [0.15, 0.2) is 35.3 Å². The number of aliphatic hydroxyl groups is 1. The maximum absolute atomic E-state index is 12.7. The molecule has 3 aromatic rings. The van der Waals surface area contributed by atoms with Gasteiger partial charge in [-0.15, -0.1) is 0 Å². The van der Waals surface area contributed by atoms with Crippen molar-refractivity contribution in [3.63, 3.8) is 0 Å². The van der Waals surface area contributed by atoms with Gasteiger partial charge in [-0.05, 0) is 25.3 Å². The third-order valence-electron chi connectivity index (χ3n) is 7.46. The second-order valence-electron chi connectivity index (χ2n) is 10.5. The Balaban J connectivity index is 1.05. The van der Waals surface area contributed by atoms with Gasteiger partial charge in [-0.3, -0.25) is 14.5 Å². The number of aliphatic hydroxyl groups excluding tert-OH is 1. The third-order valence-corrected chi connectivity index (χ3v) is 7.46. The Morgan fingerprint density at radius 2 is 2.02 bits per heavy atom. The average molecular weight is 565 g/mol. The van der Waals surface area contributed by atoms with Crippen molar-refractivity contribution in [2.75, 3.05) is 38.0 Å². The number of anilines is 1.